The molecule has 148 valence electrons. The van der Waals surface area contributed by atoms with E-state index in [9.17, 15) is 0 Å². The number of nitrogens with zero attached hydrogens (tertiary/aromatic N) is 1. The summed E-state index contributed by atoms with van der Waals surface area (Å²) in [4.78, 5) is 7.88. The quantitative estimate of drug-likeness (QED) is 0.369. The molecule has 0 amide bonds. The van der Waals surface area contributed by atoms with Gasteiger partial charge in [-0.1, -0.05) is 23.7 Å². The fraction of sp³-hybridized carbons (Fsp3) is 0.0952. The summed E-state index contributed by atoms with van der Waals surface area (Å²) in [5.74, 6) is 1.85. The third-order valence-electron chi connectivity index (χ3n) is 4.24. The monoisotopic (exact) mass is 412 g/mol. The number of hydrogen-bond acceptors (Lipinski definition) is 6. The SMILES string of the molecule is Cc1[nH]c(-c2ccc(-c3ccc(OC(O)(O)O)cc3)o2)nc1-c1ccc(Cl)cc1. The number of aromatic amines is 1. The minimum atomic E-state index is -3.22. The molecule has 0 atom stereocenters. The fourth-order valence-electron chi connectivity index (χ4n) is 2.93. The summed E-state index contributed by atoms with van der Waals surface area (Å²) in [5, 5.41) is 27.2. The molecule has 0 radical (unpaired) electrons. The van der Waals surface area contributed by atoms with Crippen molar-refractivity contribution in [1.82, 2.24) is 9.97 Å². The third-order valence-corrected chi connectivity index (χ3v) is 4.49. The lowest BCUT2D eigenvalue weighted by Crippen LogP contribution is -2.34. The highest BCUT2D eigenvalue weighted by Crippen LogP contribution is 2.31. The molecule has 0 aliphatic carbocycles. The number of H-pyrrole nitrogens is 1. The van der Waals surface area contributed by atoms with Gasteiger partial charge in [-0.2, -0.15) is 0 Å². The Labute approximate surface area is 170 Å². The van der Waals surface area contributed by atoms with Crippen molar-refractivity contribution in [3.05, 3.63) is 71.4 Å². The maximum absolute atomic E-state index is 8.86. The molecule has 4 aromatic rings. The number of imidazole rings is 1. The van der Waals surface area contributed by atoms with Gasteiger partial charge in [0.1, 0.15) is 11.5 Å². The molecule has 7 nitrogen and oxygen atoms in total. The summed E-state index contributed by atoms with van der Waals surface area (Å²) >= 11 is 5.95. The number of furan rings is 1. The fourth-order valence-corrected chi connectivity index (χ4v) is 3.06. The van der Waals surface area contributed by atoms with Crippen molar-refractivity contribution in [3.8, 4) is 39.9 Å². The molecule has 4 rings (SSSR count). The van der Waals surface area contributed by atoms with Crippen LogP contribution in [0.1, 0.15) is 5.69 Å². The Hall–Kier alpha value is -3.10. The number of rotatable bonds is 5. The van der Waals surface area contributed by atoms with Crippen LogP contribution in [0.5, 0.6) is 5.75 Å². The summed E-state index contributed by atoms with van der Waals surface area (Å²) in [7, 11) is 0. The van der Waals surface area contributed by atoms with Gasteiger partial charge in [-0.15, -0.1) is 0 Å². The number of aromatic nitrogens is 2. The largest absolute Gasteiger partial charge is 0.453 e. The lowest BCUT2D eigenvalue weighted by atomic mass is 10.1. The van der Waals surface area contributed by atoms with Gasteiger partial charge < -0.3 is 29.5 Å². The number of ether oxygens (including phenoxy) is 1. The smallest absolute Gasteiger partial charge is 0.453 e. The first-order valence-corrected chi connectivity index (χ1v) is 9.05. The van der Waals surface area contributed by atoms with Crippen LogP contribution in [0.3, 0.4) is 0 Å². The van der Waals surface area contributed by atoms with Gasteiger partial charge in [0, 0.05) is 21.8 Å². The normalized spacial score (nSPS) is 11.6. The molecule has 0 spiro atoms. The van der Waals surface area contributed by atoms with Crippen molar-refractivity contribution >= 4 is 11.6 Å². The van der Waals surface area contributed by atoms with Crippen LogP contribution < -0.4 is 4.74 Å². The summed E-state index contributed by atoms with van der Waals surface area (Å²) < 4.78 is 10.5. The number of halogens is 1. The molecule has 4 N–H and O–H groups in total. The van der Waals surface area contributed by atoms with E-state index in [1.54, 1.807) is 18.2 Å². The zero-order valence-electron chi connectivity index (χ0n) is 15.3. The molecule has 2 heterocycles. The molecular formula is C21H17ClN2O5. The van der Waals surface area contributed by atoms with E-state index in [1.165, 1.54) is 12.1 Å². The van der Waals surface area contributed by atoms with Gasteiger partial charge in [0.05, 0.1) is 5.69 Å². The molecule has 0 saturated carbocycles. The summed E-state index contributed by atoms with van der Waals surface area (Å²) in [5.41, 5.74) is 3.41. The second-order valence-corrected chi connectivity index (χ2v) is 6.87. The van der Waals surface area contributed by atoms with E-state index in [2.05, 4.69) is 14.7 Å². The third kappa shape index (κ3) is 4.33. The number of aliphatic hydroxyl groups is 3. The molecular weight excluding hydrogens is 396 g/mol. The van der Waals surface area contributed by atoms with Crippen LogP contribution in [0.15, 0.2) is 65.1 Å². The van der Waals surface area contributed by atoms with E-state index in [0.29, 0.717) is 22.4 Å². The van der Waals surface area contributed by atoms with Crippen molar-refractivity contribution in [1.29, 1.82) is 0 Å². The van der Waals surface area contributed by atoms with Gasteiger partial charge in [0.15, 0.2) is 11.6 Å². The summed E-state index contributed by atoms with van der Waals surface area (Å²) in [6.07, 6.45) is -3.22. The molecule has 0 unspecified atom stereocenters. The lowest BCUT2D eigenvalue weighted by Gasteiger charge is -2.15. The molecule has 0 aliphatic rings. The zero-order valence-corrected chi connectivity index (χ0v) is 16.0. The standard InChI is InChI=1S/C21H17ClN2O5/c1-12-19(14-2-6-15(22)7-3-14)24-20(23-12)18-11-10-17(28-18)13-4-8-16(9-5-13)29-21(25,26)27/h2-11,25-27H,1H3,(H,23,24). The molecule has 2 aromatic heterocycles. The Morgan fingerprint density at radius 3 is 2.17 bits per heavy atom. The molecule has 2 aromatic carbocycles. The van der Waals surface area contributed by atoms with Crippen LogP contribution in [-0.4, -0.2) is 31.4 Å². The highest BCUT2D eigenvalue weighted by molar-refractivity contribution is 6.30. The first-order valence-electron chi connectivity index (χ1n) is 8.68. The first kappa shape index (κ1) is 19.2. The minimum Gasteiger partial charge on any atom is -0.453 e. The molecule has 29 heavy (non-hydrogen) atoms. The number of aryl methyl sites for hydroxylation is 1. The van der Waals surface area contributed by atoms with Crippen LogP contribution >= 0.6 is 11.6 Å². The first-order chi connectivity index (χ1) is 13.8. The minimum absolute atomic E-state index is 0.0855. The predicted molar refractivity (Wildman–Crippen MR) is 107 cm³/mol. The van der Waals surface area contributed by atoms with Crippen molar-refractivity contribution < 1.29 is 24.5 Å². The van der Waals surface area contributed by atoms with E-state index in [4.69, 9.17) is 31.3 Å². The van der Waals surface area contributed by atoms with E-state index in [-0.39, 0.29) is 5.75 Å². The number of benzene rings is 2. The average molecular weight is 413 g/mol. The van der Waals surface area contributed by atoms with Crippen LogP contribution in [0.4, 0.5) is 0 Å². The van der Waals surface area contributed by atoms with E-state index in [0.717, 1.165) is 22.5 Å². The highest BCUT2D eigenvalue weighted by atomic mass is 35.5. The average Bonchev–Trinajstić information content (AvgIpc) is 3.29. The zero-order chi connectivity index (χ0) is 20.6. The lowest BCUT2D eigenvalue weighted by molar-refractivity contribution is -0.419. The second-order valence-electron chi connectivity index (χ2n) is 6.43. The topological polar surface area (TPSA) is 112 Å². The van der Waals surface area contributed by atoms with Crippen LogP contribution in [-0.2, 0) is 0 Å². The van der Waals surface area contributed by atoms with E-state index >= 15 is 0 Å². The Bertz CT molecular complexity index is 1130. The second kappa shape index (κ2) is 7.38. The van der Waals surface area contributed by atoms with Gasteiger partial charge in [-0.05, 0) is 55.5 Å². The van der Waals surface area contributed by atoms with E-state index < -0.39 is 6.16 Å². The Morgan fingerprint density at radius 2 is 1.52 bits per heavy atom. The van der Waals surface area contributed by atoms with Gasteiger partial charge in [0.2, 0.25) is 0 Å². The van der Waals surface area contributed by atoms with Crippen molar-refractivity contribution in [3.63, 3.8) is 0 Å². The van der Waals surface area contributed by atoms with Crippen LogP contribution in [0.2, 0.25) is 5.02 Å². The molecule has 0 fully saturated rings. The number of nitrogens with one attached hydrogen (secondary N) is 1. The van der Waals surface area contributed by atoms with Crippen molar-refractivity contribution in [2.24, 2.45) is 0 Å². The van der Waals surface area contributed by atoms with Gasteiger partial charge in [-0.3, -0.25) is 0 Å². The molecule has 0 saturated heterocycles. The van der Waals surface area contributed by atoms with Gasteiger partial charge >= 0.3 is 6.16 Å². The molecule has 8 heteroatoms. The Kier molecular flexibility index (Phi) is 4.89. The summed E-state index contributed by atoms with van der Waals surface area (Å²) in [6, 6.07) is 17.3. The molecule has 0 bridgehead atoms. The maximum Gasteiger partial charge on any atom is 0.453 e. The van der Waals surface area contributed by atoms with Crippen LogP contribution in [0.25, 0.3) is 34.2 Å². The van der Waals surface area contributed by atoms with Crippen LogP contribution in [0, 0.1) is 6.92 Å². The van der Waals surface area contributed by atoms with Crippen molar-refractivity contribution in [2.45, 2.75) is 13.1 Å². The highest BCUT2D eigenvalue weighted by Gasteiger charge is 2.21. The summed E-state index contributed by atoms with van der Waals surface area (Å²) in [6.45, 7) is 1.94. The Balaban J connectivity index is 1.58. The van der Waals surface area contributed by atoms with Gasteiger partial charge in [-0.25, -0.2) is 4.98 Å². The Morgan fingerprint density at radius 1 is 0.897 bits per heavy atom. The van der Waals surface area contributed by atoms with Gasteiger partial charge in [0.25, 0.3) is 0 Å². The van der Waals surface area contributed by atoms with E-state index in [1.807, 2.05) is 37.3 Å². The molecule has 0 aliphatic heterocycles. The predicted octanol–water partition coefficient (Wildman–Crippen LogP) is 3.93. The van der Waals surface area contributed by atoms with Crippen molar-refractivity contribution in [2.75, 3.05) is 0 Å². The number of hydrogen-bond donors (Lipinski definition) is 4. The maximum atomic E-state index is 8.86.